The Labute approximate surface area is 227 Å². The summed E-state index contributed by atoms with van der Waals surface area (Å²) in [6.07, 6.45) is 0. The van der Waals surface area contributed by atoms with E-state index in [1.807, 2.05) is 0 Å². The minimum absolute atomic E-state index is 0. The van der Waals surface area contributed by atoms with E-state index in [2.05, 4.69) is 0 Å². The summed E-state index contributed by atoms with van der Waals surface area (Å²) in [5.41, 5.74) is 0. The molecule has 0 heterocycles. The maximum Gasteiger partial charge on any atom is 3.00 e. The molecule has 0 aliphatic heterocycles. The summed E-state index contributed by atoms with van der Waals surface area (Å²) in [5, 5.41) is 101. The maximum absolute atomic E-state index is 8.42. The summed E-state index contributed by atoms with van der Waals surface area (Å²) in [6, 6.07) is 0. The molecule has 12 nitrogen and oxygen atoms in total. The molecule has 0 saturated heterocycles. The second-order valence-electron chi connectivity index (χ2n) is 1.15. The van der Waals surface area contributed by atoms with Crippen LogP contribution in [-0.2, 0) is 0 Å². The first-order chi connectivity index (χ1) is 6.93. The van der Waals surface area contributed by atoms with Crippen molar-refractivity contribution in [2.75, 3.05) is 0 Å². The Morgan fingerprint density at radius 3 is 0.250 bits per heavy atom. The molecule has 0 aliphatic rings. The Morgan fingerprint density at radius 1 is 0.250 bits per heavy atom. The third kappa shape index (κ3) is 504. The van der Waals surface area contributed by atoms with Crippen molar-refractivity contribution in [3.63, 3.8) is 0 Å². The van der Waals surface area contributed by atoms with Gasteiger partial charge in [-0.2, -0.15) is 0 Å². The van der Waals surface area contributed by atoms with Crippen molar-refractivity contribution >= 4 is 29.3 Å². The van der Waals surface area contributed by atoms with Crippen molar-refractivity contribution in [1.29, 1.82) is 0 Å². The van der Waals surface area contributed by atoms with Gasteiger partial charge in [-0.1, -0.05) is 0 Å². The van der Waals surface area contributed by atoms with Gasteiger partial charge in [-0.05, 0) is 0 Å². The van der Waals surface area contributed by atoms with Crippen LogP contribution in [0.25, 0.3) is 0 Å². The van der Waals surface area contributed by atoms with Crippen molar-refractivity contribution in [3.05, 3.63) is 0 Å². The van der Waals surface area contributed by atoms with Gasteiger partial charge in [0, 0.05) is 0 Å². The first-order valence-electron chi connectivity index (χ1n) is 2.83. The molecular weight excluding hydrogens is 791 g/mol. The molecule has 0 N–H and O–H groups in total. The standard InChI is InChI=1S/4BO3.4La/c4*2-1(3)4;;;;/q4*-3;4*+3. The Kier molecular flexibility index (Phi) is 109. The third-order valence-electron chi connectivity index (χ3n) is 0. The number of hydrogen-bond donors (Lipinski definition) is 0. The van der Waals surface area contributed by atoms with E-state index < -0.39 is 29.3 Å². The Hall–Kier alpha value is 4.56. The fourth-order valence-electron chi connectivity index (χ4n) is 0. The van der Waals surface area contributed by atoms with Gasteiger partial charge in [0.25, 0.3) is 0 Å². The van der Waals surface area contributed by atoms with Gasteiger partial charge >= 0.3 is 142 Å². The molecule has 0 aromatic carbocycles. The molecule has 0 aromatic rings. The smallest absolute Gasteiger partial charge is 0.907 e. The van der Waals surface area contributed by atoms with Crippen molar-refractivity contribution in [2.24, 2.45) is 0 Å². The SMILES string of the molecule is [La+3].[La+3].[La+3].[La+3].[O-]B([O-])[O-].[O-]B([O-])[O-].[O-]B([O-])[O-].[O-]B([O-])[O-]. The molecule has 0 atom stereocenters. The molecule has 0 radical (unpaired) electrons. The van der Waals surface area contributed by atoms with Crippen molar-refractivity contribution in [1.82, 2.24) is 0 Å². The van der Waals surface area contributed by atoms with Crippen LogP contribution in [0.4, 0.5) is 0 Å². The van der Waals surface area contributed by atoms with E-state index in [9.17, 15) is 0 Å². The summed E-state index contributed by atoms with van der Waals surface area (Å²) in [5.74, 6) is 0. The molecule has 0 aliphatic carbocycles. The largest absolute Gasteiger partial charge is 3.00 e. The van der Waals surface area contributed by atoms with Crippen LogP contribution >= 0.6 is 0 Å². The first kappa shape index (κ1) is 49.7. The number of rotatable bonds is 0. The van der Waals surface area contributed by atoms with Crippen LogP contribution in [0.2, 0.25) is 0 Å². The topological polar surface area (TPSA) is 277 Å². The summed E-state index contributed by atoms with van der Waals surface area (Å²) < 4.78 is 0. The Balaban J connectivity index is -0.0000000150. The van der Waals surface area contributed by atoms with Gasteiger partial charge in [0.2, 0.25) is 0 Å². The van der Waals surface area contributed by atoms with Crippen LogP contribution in [-0.4, -0.2) is 29.3 Å². The van der Waals surface area contributed by atoms with Crippen molar-refractivity contribution < 1.29 is 203 Å². The van der Waals surface area contributed by atoms with Gasteiger partial charge in [0.1, 0.15) is 0 Å². The molecule has 0 spiro atoms. The predicted octanol–water partition coefficient (Wildman–Crippen LogP) is -15.8. The van der Waals surface area contributed by atoms with E-state index in [0.29, 0.717) is 0 Å². The van der Waals surface area contributed by atoms with Crippen LogP contribution in [0, 0.1) is 142 Å². The van der Waals surface area contributed by atoms with E-state index in [1.54, 1.807) is 0 Å². The minimum atomic E-state index is -2.92. The molecular formula is B4La4O12. The monoisotopic (exact) mass is 792 g/mol. The summed E-state index contributed by atoms with van der Waals surface area (Å²) >= 11 is 0. The Bertz CT molecular complexity index is 70.4. The van der Waals surface area contributed by atoms with Gasteiger partial charge in [0.05, 0.1) is 0 Å². The third-order valence-corrected chi connectivity index (χ3v) is 0. The normalized spacial score (nSPS) is 5.40. The molecule has 0 aromatic heterocycles. The average Bonchev–Trinajstić information content (AvgIpc) is 1.76. The van der Waals surface area contributed by atoms with Crippen LogP contribution in [0.3, 0.4) is 0 Å². The molecule has 0 saturated carbocycles. The van der Waals surface area contributed by atoms with Crippen LogP contribution in [0.5, 0.6) is 0 Å². The number of hydrogen-bond acceptors (Lipinski definition) is 12. The van der Waals surface area contributed by atoms with E-state index in [1.165, 1.54) is 0 Å². The van der Waals surface area contributed by atoms with Crippen molar-refractivity contribution in [2.45, 2.75) is 0 Å². The Morgan fingerprint density at radius 2 is 0.250 bits per heavy atom. The molecule has 0 bridgehead atoms. The van der Waals surface area contributed by atoms with Gasteiger partial charge in [-0.15, -0.1) is 0 Å². The zero-order valence-corrected chi connectivity index (χ0v) is 24.0. The first-order valence-corrected chi connectivity index (χ1v) is 2.83. The second kappa shape index (κ2) is 43.7. The quantitative estimate of drug-likeness (QED) is 0.207. The predicted molar refractivity (Wildman–Crippen MR) is 23.0 cm³/mol. The fraction of sp³-hybridized carbons (Fsp3) is 0. The zero-order chi connectivity index (χ0) is 14.3. The van der Waals surface area contributed by atoms with Gasteiger partial charge in [-0.3, -0.25) is 29.3 Å². The summed E-state index contributed by atoms with van der Waals surface area (Å²) in [6.45, 7) is 0. The molecule has 20 heteroatoms. The van der Waals surface area contributed by atoms with Crippen LogP contribution < -0.4 is 60.3 Å². The maximum atomic E-state index is 8.42. The molecule has 0 amide bonds. The van der Waals surface area contributed by atoms with E-state index in [0.717, 1.165) is 0 Å². The summed E-state index contributed by atoms with van der Waals surface area (Å²) in [4.78, 5) is 0. The van der Waals surface area contributed by atoms with Gasteiger partial charge < -0.3 is 60.3 Å². The summed E-state index contributed by atoms with van der Waals surface area (Å²) in [7, 11) is -11.7. The average molecular weight is 791 g/mol. The molecule has 0 unspecified atom stereocenters. The van der Waals surface area contributed by atoms with Gasteiger partial charge in [0.15, 0.2) is 0 Å². The second-order valence-corrected chi connectivity index (χ2v) is 1.15. The van der Waals surface area contributed by atoms with Crippen LogP contribution in [0.15, 0.2) is 0 Å². The molecule has 20 heavy (non-hydrogen) atoms. The minimum Gasteiger partial charge on any atom is -0.907 e. The van der Waals surface area contributed by atoms with E-state index in [4.69, 9.17) is 60.3 Å². The molecule has 0 fully saturated rings. The molecule has 0 rings (SSSR count). The zero-order valence-electron chi connectivity index (χ0n) is 9.52. The van der Waals surface area contributed by atoms with E-state index in [-0.39, 0.29) is 142 Å². The van der Waals surface area contributed by atoms with Crippen molar-refractivity contribution in [3.8, 4) is 0 Å². The molecule has 96 valence electrons. The fourth-order valence-corrected chi connectivity index (χ4v) is 0. The van der Waals surface area contributed by atoms with Gasteiger partial charge in [-0.25, -0.2) is 0 Å². The van der Waals surface area contributed by atoms with Crippen LogP contribution in [0.1, 0.15) is 0 Å². The van der Waals surface area contributed by atoms with E-state index >= 15 is 0 Å².